The van der Waals surface area contributed by atoms with Crippen LogP contribution in [-0.2, 0) is 4.79 Å². The zero-order valence-corrected chi connectivity index (χ0v) is 14.7. The highest BCUT2D eigenvalue weighted by Gasteiger charge is 2.45. The summed E-state index contributed by atoms with van der Waals surface area (Å²) in [5.41, 5.74) is -0.669. The normalized spacial score (nSPS) is 15.9. The number of carboxylic acids is 1. The Morgan fingerprint density at radius 1 is 1.08 bits per heavy atom. The molecule has 0 saturated heterocycles. The highest BCUT2D eigenvalue weighted by atomic mass is 16.5. The molecule has 1 heterocycles. The predicted octanol–water partition coefficient (Wildman–Crippen LogP) is 3.73. The molecule has 1 aromatic carbocycles. The van der Waals surface area contributed by atoms with Gasteiger partial charge in [0.25, 0.3) is 5.91 Å². The van der Waals surface area contributed by atoms with E-state index in [1.54, 1.807) is 55.8 Å². The lowest BCUT2D eigenvalue weighted by Crippen LogP contribution is -2.56. The van der Waals surface area contributed by atoms with E-state index in [0.29, 0.717) is 29.9 Å². The number of aliphatic carboxylic acids is 1. The van der Waals surface area contributed by atoms with Crippen LogP contribution < -0.4 is 4.74 Å². The van der Waals surface area contributed by atoms with Crippen LogP contribution in [0.4, 0.5) is 0 Å². The first-order valence-corrected chi connectivity index (χ1v) is 8.72. The average Bonchev–Trinajstić information content (AvgIpc) is 2.68. The summed E-state index contributed by atoms with van der Waals surface area (Å²) in [5.74, 6) is -0.0228. The summed E-state index contributed by atoms with van der Waals surface area (Å²) < 4.78 is 5.67. The molecule has 1 fully saturated rings. The van der Waals surface area contributed by atoms with Gasteiger partial charge in [0.05, 0.1) is 6.20 Å². The fourth-order valence-corrected chi connectivity index (χ4v) is 3.43. The minimum Gasteiger partial charge on any atom is -0.479 e. The van der Waals surface area contributed by atoms with Crippen molar-refractivity contribution >= 4 is 11.9 Å². The molecule has 2 aromatic rings. The van der Waals surface area contributed by atoms with Crippen molar-refractivity contribution in [1.82, 2.24) is 9.88 Å². The fourth-order valence-electron chi connectivity index (χ4n) is 3.43. The van der Waals surface area contributed by atoms with Crippen LogP contribution in [0.2, 0.25) is 0 Å². The standard InChI is InChI=1S/C20H22N2O4/c1-22(20(19(24)25)11-3-2-4-12-20)18(23)15-7-9-16(10-8-15)26-17-6-5-13-21-14-17/h5-10,13-14H,2-4,11-12H2,1H3,(H,24,25). The minimum atomic E-state index is -1.11. The molecular weight excluding hydrogens is 332 g/mol. The molecule has 0 atom stereocenters. The van der Waals surface area contributed by atoms with Gasteiger partial charge in [-0.3, -0.25) is 9.78 Å². The first kappa shape index (κ1) is 17.9. The van der Waals surface area contributed by atoms with E-state index in [1.807, 2.05) is 0 Å². The Bertz CT molecular complexity index is 768. The van der Waals surface area contributed by atoms with Crippen LogP contribution in [-0.4, -0.2) is 39.5 Å². The molecular formula is C20H22N2O4. The van der Waals surface area contributed by atoms with E-state index in [0.717, 1.165) is 19.3 Å². The van der Waals surface area contributed by atoms with Gasteiger partial charge in [-0.25, -0.2) is 4.79 Å². The largest absolute Gasteiger partial charge is 0.479 e. The van der Waals surface area contributed by atoms with Crippen molar-refractivity contribution in [2.24, 2.45) is 0 Å². The second kappa shape index (κ2) is 7.56. The number of carbonyl (C=O) groups excluding carboxylic acids is 1. The molecule has 0 unspecified atom stereocenters. The Morgan fingerprint density at radius 2 is 1.77 bits per heavy atom. The van der Waals surface area contributed by atoms with Crippen LogP contribution in [0.15, 0.2) is 48.8 Å². The zero-order chi connectivity index (χ0) is 18.6. The number of carboxylic acid groups (broad SMARTS) is 1. The molecule has 0 aliphatic heterocycles. The Labute approximate surface area is 152 Å². The second-order valence-electron chi connectivity index (χ2n) is 6.58. The molecule has 136 valence electrons. The molecule has 0 spiro atoms. The molecule has 0 bridgehead atoms. The second-order valence-corrected chi connectivity index (χ2v) is 6.58. The maximum Gasteiger partial charge on any atom is 0.329 e. The molecule has 1 aliphatic carbocycles. The molecule has 6 nitrogen and oxygen atoms in total. The number of carbonyl (C=O) groups is 2. The van der Waals surface area contributed by atoms with Crippen molar-refractivity contribution < 1.29 is 19.4 Å². The molecule has 1 aromatic heterocycles. The van der Waals surface area contributed by atoms with Crippen molar-refractivity contribution in [3.8, 4) is 11.5 Å². The third kappa shape index (κ3) is 3.54. The quantitative estimate of drug-likeness (QED) is 0.885. The van der Waals surface area contributed by atoms with Gasteiger partial charge in [0.2, 0.25) is 0 Å². The van der Waals surface area contributed by atoms with E-state index in [2.05, 4.69) is 4.98 Å². The number of aromatic nitrogens is 1. The van der Waals surface area contributed by atoms with Crippen molar-refractivity contribution in [2.45, 2.75) is 37.6 Å². The van der Waals surface area contributed by atoms with Gasteiger partial charge < -0.3 is 14.7 Å². The number of rotatable bonds is 5. The number of hydrogen-bond acceptors (Lipinski definition) is 4. The molecule has 6 heteroatoms. The monoisotopic (exact) mass is 354 g/mol. The Kier molecular flexibility index (Phi) is 5.21. The Hall–Kier alpha value is -2.89. The third-order valence-electron chi connectivity index (χ3n) is 5.00. The van der Waals surface area contributed by atoms with Crippen LogP contribution in [0, 0.1) is 0 Å². The van der Waals surface area contributed by atoms with E-state index < -0.39 is 11.5 Å². The molecule has 1 saturated carbocycles. The summed E-state index contributed by atoms with van der Waals surface area (Å²) in [6.45, 7) is 0. The lowest BCUT2D eigenvalue weighted by Gasteiger charge is -2.41. The predicted molar refractivity (Wildman–Crippen MR) is 96.3 cm³/mol. The average molecular weight is 354 g/mol. The first-order chi connectivity index (χ1) is 12.5. The topological polar surface area (TPSA) is 79.7 Å². The summed E-state index contributed by atoms with van der Waals surface area (Å²) >= 11 is 0. The highest BCUT2D eigenvalue weighted by molar-refractivity contribution is 5.97. The van der Waals surface area contributed by atoms with Gasteiger partial charge in [0.15, 0.2) is 0 Å². The maximum absolute atomic E-state index is 12.8. The molecule has 0 radical (unpaired) electrons. The molecule has 1 N–H and O–H groups in total. The highest BCUT2D eigenvalue weighted by Crippen LogP contribution is 2.34. The van der Waals surface area contributed by atoms with Gasteiger partial charge in [-0.2, -0.15) is 0 Å². The van der Waals surface area contributed by atoms with E-state index in [-0.39, 0.29) is 5.91 Å². The maximum atomic E-state index is 12.8. The van der Waals surface area contributed by atoms with Crippen LogP contribution in [0.1, 0.15) is 42.5 Å². The van der Waals surface area contributed by atoms with Crippen LogP contribution in [0.5, 0.6) is 11.5 Å². The number of hydrogen-bond donors (Lipinski definition) is 1. The van der Waals surface area contributed by atoms with E-state index in [4.69, 9.17) is 4.74 Å². The van der Waals surface area contributed by atoms with E-state index in [9.17, 15) is 14.7 Å². The Balaban J connectivity index is 1.75. The van der Waals surface area contributed by atoms with Gasteiger partial charge in [-0.15, -0.1) is 0 Å². The van der Waals surface area contributed by atoms with Crippen molar-refractivity contribution in [2.75, 3.05) is 7.05 Å². The Morgan fingerprint density at radius 3 is 2.35 bits per heavy atom. The van der Waals surface area contributed by atoms with Gasteiger partial charge in [-0.05, 0) is 49.2 Å². The van der Waals surface area contributed by atoms with E-state index >= 15 is 0 Å². The summed E-state index contributed by atoms with van der Waals surface area (Å²) in [5, 5.41) is 9.74. The smallest absolute Gasteiger partial charge is 0.329 e. The molecule has 26 heavy (non-hydrogen) atoms. The molecule has 1 amide bonds. The summed E-state index contributed by atoms with van der Waals surface area (Å²) in [6, 6.07) is 10.3. The third-order valence-corrected chi connectivity index (χ3v) is 5.00. The number of ether oxygens (including phenoxy) is 1. The summed E-state index contributed by atoms with van der Waals surface area (Å²) in [7, 11) is 1.59. The van der Waals surface area contributed by atoms with Crippen LogP contribution in [0.3, 0.4) is 0 Å². The van der Waals surface area contributed by atoms with Crippen molar-refractivity contribution in [1.29, 1.82) is 0 Å². The number of likely N-dealkylation sites (N-methyl/N-ethyl adjacent to an activating group) is 1. The van der Waals surface area contributed by atoms with Gasteiger partial charge in [0.1, 0.15) is 17.0 Å². The number of nitrogens with zero attached hydrogens (tertiary/aromatic N) is 2. The minimum absolute atomic E-state index is 0.290. The number of pyridine rings is 1. The first-order valence-electron chi connectivity index (χ1n) is 8.72. The summed E-state index contributed by atoms with van der Waals surface area (Å²) in [4.78, 5) is 30.1. The fraction of sp³-hybridized carbons (Fsp3) is 0.350. The van der Waals surface area contributed by atoms with Gasteiger partial charge >= 0.3 is 5.97 Å². The SMILES string of the molecule is CN(C(=O)c1ccc(Oc2cccnc2)cc1)C1(C(=O)O)CCCCC1. The van der Waals surface area contributed by atoms with E-state index in [1.165, 1.54) is 4.90 Å². The van der Waals surface area contributed by atoms with Gasteiger partial charge in [0, 0.05) is 18.8 Å². The van der Waals surface area contributed by atoms with Gasteiger partial charge in [-0.1, -0.05) is 19.3 Å². The lowest BCUT2D eigenvalue weighted by molar-refractivity contribution is -0.151. The number of amides is 1. The summed E-state index contributed by atoms with van der Waals surface area (Å²) in [6.07, 6.45) is 6.90. The molecule has 1 aliphatic rings. The molecule has 3 rings (SSSR count). The number of benzene rings is 1. The lowest BCUT2D eigenvalue weighted by atomic mass is 9.80. The van der Waals surface area contributed by atoms with Crippen LogP contribution in [0.25, 0.3) is 0 Å². The van der Waals surface area contributed by atoms with Crippen molar-refractivity contribution in [3.05, 3.63) is 54.4 Å². The zero-order valence-electron chi connectivity index (χ0n) is 14.7. The van der Waals surface area contributed by atoms with Crippen LogP contribution >= 0.6 is 0 Å². The van der Waals surface area contributed by atoms with Crippen molar-refractivity contribution in [3.63, 3.8) is 0 Å².